The van der Waals surface area contributed by atoms with Crippen LogP contribution in [0.1, 0.15) is 65.9 Å². The lowest BCUT2D eigenvalue weighted by Crippen LogP contribution is -2.16. The van der Waals surface area contributed by atoms with Gasteiger partial charge >= 0.3 is 11.9 Å². The summed E-state index contributed by atoms with van der Waals surface area (Å²) in [7, 11) is 6.24. The number of carbonyl (C=O) groups is 2. The van der Waals surface area contributed by atoms with E-state index in [1.807, 2.05) is 32.9 Å². The van der Waals surface area contributed by atoms with Gasteiger partial charge in [0.15, 0.2) is 11.5 Å². The Kier molecular flexibility index (Phi) is 25.8. The summed E-state index contributed by atoms with van der Waals surface area (Å²) in [6.07, 6.45) is 5.38. The predicted molar refractivity (Wildman–Crippen MR) is 314 cm³/mol. The van der Waals surface area contributed by atoms with E-state index in [1.54, 1.807) is 33.5 Å². The third-order valence-corrected chi connectivity index (χ3v) is 15.3. The quantitative estimate of drug-likeness (QED) is 0.0471. The van der Waals surface area contributed by atoms with Gasteiger partial charge in [0.2, 0.25) is 5.75 Å². The first kappa shape index (κ1) is 64.8. The topological polar surface area (TPSA) is 233 Å². The highest BCUT2D eigenvalue weighted by Crippen LogP contribution is 2.48. The summed E-state index contributed by atoms with van der Waals surface area (Å²) in [6, 6.07) is 3.50. The number of allylic oxidation sites excluding steroid dienone is 11. The maximum absolute atomic E-state index is 15.0. The molecule has 7 rings (SSSR count). The molecule has 1 aromatic carbocycles. The zero-order chi connectivity index (χ0) is 59.3. The number of esters is 2. The Morgan fingerprint density at radius 3 is 1.73 bits per heavy atom. The van der Waals surface area contributed by atoms with Crippen LogP contribution in [0.3, 0.4) is 0 Å². The van der Waals surface area contributed by atoms with Gasteiger partial charge in [0.05, 0.1) is 150 Å². The maximum Gasteiger partial charge on any atom is 0.341 e. The Morgan fingerprint density at radius 2 is 1.19 bits per heavy atom. The van der Waals surface area contributed by atoms with Gasteiger partial charge < -0.3 is 76.7 Å². The predicted octanol–water partition coefficient (Wildman–Crippen LogP) is 8.25. The highest BCUT2D eigenvalue weighted by molar-refractivity contribution is 9.12. The second kappa shape index (κ2) is 33.0. The summed E-state index contributed by atoms with van der Waals surface area (Å²) in [5.41, 5.74) is 11.0. The Morgan fingerprint density at radius 1 is 0.651 bits per heavy atom. The molecule has 1 aromatic rings. The molecule has 22 heteroatoms. The van der Waals surface area contributed by atoms with Crippen LogP contribution in [0.25, 0.3) is 0 Å². The molecule has 5 aliphatic heterocycles. The van der Waals surface area contributed by atoms with Gasteiger partial charge in [-0.1, -0.05) is 13.8 Å². The number of hydrogen-bond acceptors (Lipinski definition) is 21. The van der Waals surface area contributed by atoms with Crippen LogP contribution < -0.4 is 19.5 Å². The molecule has 8 bridgehead atoms. The minimum absolute atomic E-state index is 0.141. The Balaban J connectivity index is 1.21. The Hall–Kier alpha value is -5.79. The van der Waals surface area contributed by atoms with E-state index in [0.29, 0.717) is 159 Å². The molecule has 1 saturated heterocycles. The molecule has 21 nitrogen and oxygen atoms in total. The average Bonchev–Trinajstić information content (AvgIpc) is 3.48. The van der Waals surface area contributed by atoms with Crippen LogP contribution >= 0.6 is 15.9 Å². The van der Waals surface area contributed by atoms with Crippen molar-refractivity contribution in [1.82, 2.24) is 5.32 Å². The fraction of sp³-hybridized carbons (Fsp3) is 0.557. The first-order valence-corrected chi connectivity index (χ1v) is 29.0. The van der Waals surface area contributed by atoms with Crippen molar-refractivity contribution in [2.45, 2.75) is 66.9 Å². The van der Waals surface area contributed by atoms with Crippen LogP contribution in [-0.4, -0.2) is 182 Å². The van der Waals surface area contributed by atoms with E-state index in [9.17, 15) is 14.7 Å². The standard InChI is InChI=1S/C61H81BrN4O17/c1-10-42-37(2)45-35-48-53(40(5)57(65-48)55(62)56-38(3)43(11-12-52(68)73-9)58(66-56)44-33-49(67)54-39(4)46(64-59(44)54)34-47(42)63-45)61(69)83-36-41-31-50(80-28-25-77-22-19-74-16-13-70-6)60(82-30-27-79-24-21-76-18-15-72-8)51(32-41)81-29-26-78-23-20-75-17-14-71-7/h31-32,34-35,38,43,66-67H,10-30,33,36H2,1-9H3/t38-,43-/m0/s1. The molecule has 454 valence electrons. The number of aliphatic hydroxyl groups excluding tert-OH is 1. The first-order valence-electron chi connectivity index (χ1n) is 28.2. The number of halogens is 1. The van der Waals surface area contributed by atoms with Crippen molar-refractivity contribution >= 4 is 45.0 Å². The van der Waals surface area contributed by atoms with Gasteiger partial charge in [-0.2, -0.15) is 0 Å². The SMILES string of the molecule is CCC1=C(C)C2=NC1=CC1=C(C)C3=C(O)CC(=C4NC(=C(Br)C5=NC(=C2)C(C(=O)OCc2cc(OCCOCCOCCOC)c(OCCOCCOCCOC)c(OCCOCCOCCOC)c2)=C5C)[C@@H](C)[C@@H]4CCC(=O)OC)C3=N1. The van der Waals surface area contributed by atoms with Crippen LogP contribution in [0.4, 0.5) is 0 Å². The summed E-state index contributed by atoms with van der Waals surface area (Å²) >= 11 is 3.96. The van der Waals surface area contributed by atoms with Gasteiger partial charge in [0.25, 0.3) is 0 Å². The van der Waals surface area contributed by atoms with E-state index in [4.69, 9.17) is 81.3 Å². The molecule has 0 amide bonds. The van der Waals surface area contributed by atoms with Crippen molar-refractivity contribution in [1.29, 1.82) is 0 Å². The molecule has 6 aliphatic rings. The van der Waals surface area contributed by atoms with E-state index < -0.39 is 5.97 Å². The number of nitrogens with one attached hydrogen (secondary N) is 1. The third-order valence-electron chi connectivity index (χ3n) is 14.5. The summed E-state index contributed by atoms with van der Waals surface area (Å²) in [5.74, 6) is -0.121. The summed E-state index contributed by atoms with van der Waals surface area (Å²) < 4.78 is 80.4. The number of aliphatic hydroxyl groups is 1. The summed E-state index contributed by atoms with van der Waals surface area (Å²) in [5, 5.41) is 15.3. The number of nitrogens with zero attached hydrogens (tertiary/aromatic N) is 3. The largest absolute Gasteiger partial charge is 0.511 e. The molecular formula is C61H81BrN4O17. The third kappa shape index (κ3) is 17.0. The van der Waals surface area contributed by atoms with E-state index in [1.165, 1.54) is 7.11 Å². The number of fused-ring (bicyclic) bond motifs is 5. The molecular weight excluding hydrogens is 1140 g/mol. The van der Waals surface area contributed by atoms with E-state index in [-0.39, 0.29) is 88.2 Å². The van der Waals surface area contributed by atoms with Crippen LogP contribution in [0, 0.1) is 11.8 Å². The van der Waals surface area contributed by atoms with Crippen LogP contribution in [0.5, 0.6) is 17.2 Å². The molecule has 0 saturated carbocycles. The van der Waals surface area contributed by atoms with Gasteiger partial charge in [-0.15, -0.1) is 0 Å². The molecule has 0 unspecified atom stereocenters. The van der Waals surface area contributed by atoms with Crippen LogP contribution in [0.15, 0.2) is 117 Å². The zero-order valence-electron chi connectivity index (χ0n) is 49.4. The summed E-state index contributed by atoms with van der Waals surface area (Å²) in [6.45, 7) is 16.0. The highest BCUT2D eigenvalue weighted by atomic mass is 79.9. The van der Waals surface area contributed by atoms with Gasteiger partial charge in [-0.3, -0.25) is 4.79 Å². The minimum atomic E-state index is -0.627. The van der Waals surface area contributed by atoms with Crippen molar-refractivity contribution < 1.29 is 81.0 Å². The van der Waals surface area contributed by atoms with E-state index in [2.05, 4.69) is 35.1 Å². The summed E-state index contributed by atoms with van der Waals surface area (Å²) in [4.78, 5) is 43.2. The van der Waals surface area contributed by atoms with Crippen molar-refractivity contribution in [3.63, 3.8) is 0 Å². The number of rotatable bonds is 37. The van der Waals surface area contributed by atoms with Crippen molar-refractivity contribution in [2.24, 2.45) is 26.8 Å². The zero-order valence-corrected chi connectivity index (χ0v) is 51.0. The molecule has 1 aliphatic carbocycles. The number of methoxy groups -OCH3 is 4. The first-order chi connectivity index (χ1) is 40.3. The fourth-order valence-corrected chi connectivity index (χ4v) is 11.0. The van der Waals surface area contributed by atoms with E-state index in [0.717, 1.165) is 39.4 Å². The number of aliphatic imine (C=N–C) groups is 3. The smallest absolute Gasteiger partial charge is 0.341 e. The van der Waals surface area contributed by atoms with Gasteiger partial charge in [-0.25, -0.2) is 19.8 Å². The molecule has 2 atom stereocenters. The van der Waals surface area contributed by atoms with Gasteiger partial charge in [0.1, 0.15) is 32.2 Å². The van der Waals surface area contributed by atoms with E-state index >= 15 is 0 Å². The molecule has 1 fully saturated rings. The van der Waals surface area contributed by atoms with Crippen LogP contribution in [0.2, 0.25) is 0 Å². The maximum atomic E-state index is 15.0. The normalized spacial score (nSPS) is 18.3. The second-order valence-electron chi connectivity index (χ2n) is 19.9. The van der Waals surface area contributed by atoms with Crippen molar-refractivity contribution in [3.8, 4) is 17.2 Å². The number of ether oxygens (including phenoxy) is 14. The Bertz CT molecular complexity index is 2810. The monoisotopic (exact) mass is 1220 g/mol. The number of carbonyl (C=O) groups excluding carboxylic acids is 2. The van der Waals surface area contributed by atoms with Gasteiger partial charge in [0, 0.05) is 68.5 Å². The molecule has 0 aromatic heterocycles. The number of hydrogen-bond donors (Lipinski definition) is 2. The Labute approximate surface area is 495 Å². The van der Waals surface area contributed by atoms with Gasteiger partial charge in [-0.05, 0) is 102 Å². The van der Waals surface area contributed by atoms with Crippen molar-refractivity contribution in [2.75, 3.05) is 147 Å². The molecule has 5 heterocycles. The molecule has 2 N–H and O–H groups in total. The molecule has 83 heavy (non-hydrogen) atoms. The lowest BCUT2D eigenvalue weighted by molar-refractivity contribution is -0.141. The number of benzene rings is 1. The second-order valence-corrected chi connectivity index (χ2v) is 20.7. The lowest BCUT2D eigenvalue weighted by atomic mass is 9.86. The lowest BCUT2D eigenvalue weighted by Gasteiger charge is -2.19. The van der Waals surface area contributed by atoms with Crippen LogP contribution in [-0.2, 0) is 68.3 Å². The highest BCUT2D eigenvalue weighted by Gasteiger charge is 2.43. The molecule has 0 radical (unpaired) electrons. The van der Waals surface area contributed by atoms with Crippen molar-refractivity contribution in [3.05, 3.63) is 108 Å². The molecule has 0 spiro atoms. The minimum Gasteiger partial charge on any atom is -0.511 e. The average molecular weight is 1220 g/mol. The fourth-order valence-electron chi connectivity index (χ4n) is 10.1.